The largest absolute Gasteiger partial charge is 0.368 e. The van der Waals surface area contributed by atoms with Crippen LogP contribution in [0.25, 0.3) is 10.9 Å². The van der Waals surface area contributed by atoms with Crippen molar-refractivity contribution < 1.29 is 4.79 Å². The molecule has 30 heavy (non-hydrogen) atoms. The number of nitrogens with one attached hydrogen (secondary N) is 1. The van der Waals surface area contributed by atoms with Crippen LogP contribution < -0.4 is 16.0 Å². The number of hydrogen-bond acceptors (Lipinski definition) is 6. The van der Waals surface area contributed by atoms with Crippen LogP contribution in [0.5, 0.6) is 0 Å². The van der Waals surface area contributed by atoms with E-state index in [1.54, 1.807) is 6.07 Å². The number of anilines is 2. The molecule has 1 unspecified atom stereocenters. The average molecular weight is 405 g/mol. The number of likely N-dealkylation sites (N-methyl/N-ethyl adjacent to an activating group) is 1. The van der Waals surface area contributed by atoms with Crippen LogP contribution >= 0.6 is 0 Å². The molecule has 1 atom stereocenters. The van der Waals surface area contributed by atoms with Crippen LogP contribution in [0.15, 0.2) is 42.5 Å². The molecule has 0 bridgehead atoms. The maximum absolute atomic E-state index is 12.8. The van der Waals surface area contributed by atoms with E-state index in [4.69, 9.17) is 5.73 Å². The highest BCUT2D eigenvalue weighted by molar-refractivity contribution is 6.00. The summed E-state index contributed by atoms with van der Waals surface area (Å²) in [6.07, 6.45) is 0. The van der Waals surface area contributed by atoms with Crippen molar-refractivity contribution in [2.24, 2.45) is 0 Å². The Bertz CT molecular complexity index is 1060. The molecule has 1 aromatic heterocycles. The van der Waals surface area contributed by atoms with E-state index in [1.807, 2.05) is 50.2 Å². The van der Waals surface area contributed by atoms with Crippen LogP contribution in [0.4, 0.5) is 11.8 Å². The molecule has 1 fully saturated rings. The summed E-state index contributed by atoms with van der Waals surface area (Å²) in [5, 5.41) is 3.98. The van der Waals surface area contributed by atoms with Gasteiger partial charge >= 0.3 is 0 Å². The molecule has 0 radical (unpaired) electrons. The fourth-order valence-corrected chi connectivity index (χ4v) is 3.75. The minimum Gasteiger partial charge on any atom is -0.368 e. The molecule has 1 saturated heterocycles. The fraction of sp³-hybridized carbons (Fsp3) is 0.348. The molecular weight excluding hydrogens is 376 g/mol. The zero-order valence-corrected chi connectivity index (χ0v) is 17.7. The summed E-state index contributed by atoms with van der Waals surface area (Å²) in [6, 6.07) is 13.6. The first kappa shape index (κ1) is 20.1. The van der Waals surface area contributed by atoms with E-state index >= 15 is 0 Å². The van der Waals surface area contributed by atoms with Gasteiger partial charge in [0.15, 0.2) is 0 Å². The number of amides is 1. The quantitative estimate of drug-likeness (QED) is 0.695. The Balaban J connectivity index is 1.58. The van der Waals surface area contributed by atoms with Gasteiger partial charge in [0.05, 0.1) is 11.6 Å². The fourth-order valence-electron chi connectivity index (χ4n) is 3.75. The molecular formula is C23H28N6O. The van der Waals surface area contributed by atoms with Crippen LogP contribution in [-0.4, -0.2) is 54.0 Å². The molecule has 1 amide bonds. The molecule has 0 aliphatic carbocycles. The summed E-state index contributed by atoms with van der Waals surface area (Å²) >= 11 is 0. The van der Waals surface area contributed by atoms with Crippen LogP contribution in [0.1, 0.15) is 34.5 Å². The number of aromatic nitrogens is 2. The van der Waals surface area contributed by atoms with E-state index in [0.29, 0.717) is 11.1 Å². The van der Waals surface area contributed by atoms with E-state index in [-0.39, 0.29) is 17.9 Å². The first-order valence-corrected chi connectivity index (χ1v) is 10.3. The Hall–Kier alpha value is -3.19. The summed E-state index contributed by atoms with van der Waals surface area (Å²) in [4.78, 5) is 26.3. The minimum atomic E-state index is -0.136. The number of hydrogen-bond donors (Lipinski definition) is 2. The molecule has 0 saturated carbocycles. The second-order valence-electron chi connectivity index (χ2n) is 8.03. The molecule has 2 heterocycles. The Kier molecular flexibility index (Phi) is 5.55. The van der Waals surface area contributed by atoms with Gasteiger partial charge in [-0.2, -0.15) is 4.98 Å². The first-order valence-electron chi connectivity index (χ1n) is 10.3. The number of nitrogen functional groups attached to an aromatic ring is 1. The molecule has 3 aromatic rings. The maximum Gasteiger partial charge on any atom is 0.251 e. The maximum atomic E-state index is 12.8. The first-order chi connectivity index (χ1) is 14.4. The SMILES string of the molecule is Cc1ccc(C(C)NC(=O)c2ccc3c(N4CCN(C)CC4)nc(N)nc3c2)cc1. The van der Waals surface area contributed by atoms with Crippen molar-refractivity contribution >= 4 is 28.6 Å². The lowest BCUT2D eigenvalue weighted by atomic mass is 10.1. The van der Waals surface area contributed by atoms with Gasteiger partial charge in [0.2, 0.25) is 5.95 Å². The molecule has 156 valence electrons. The molecule has 7 heteroatoms. The second kappa shape index (κ2) is 8.28. The molecule has 1 aliphatic rings. The van der Waals surface area contributed by atoms with Crippen LogP contribution in [0.3, 0.4) is 0 Å². The van der Waals surface area contributed by atoms with Crippen molar-refractivity contribution in [2.45, 2.75) is 19.9 Å². The summed E-state index contributed by atoms with van der Waals surface area (Å²) in [5.41, 5.74) is 9.50. The van der Waals surface area contributed by atoms with Gasteiger partial charge in [-0.3, -0.25) is 4.79 Å². The Morgan fingerprint density at radius 2 is 1.77 bits per heavy atom. The molecule has 1 aliphatic heterocycles. The predicted molar refractivity (Wildman–Crippen MR) is 121 cm³/mol. The van der Waals surface area contributed by atoms with Crippen molar-refractivity contribution in [3.63, 3.8) is 0 Å². The highest BCUT2D eigenvalue weighted by Gasteiger charge is 2.20. The smallest absolute Gasteiger partial charge is 0.251 e. The van der Waals surface area contributed by atoms with Crippen molar-refractivity contribution in [1.29, 1.82) is 0 Å². The topological polar surface area (TPSA) is 87.4 Å². The summed E-state index contributed by atoms with van der Waals surface area (Å²) in [6.45, 7) is 7.75. The third-order valence-electron chi connectivity index (χ3n) is 5.68. The van der Waals surface area contributed by atoms with Gasteiger partial charge in [-0.15, -0.1) is 0 Å². The van der Waals surface area contributed by atoms with E-state index in [1.165, 1.54) is 5.56 Å². The van der Waals surface area contributed by atoms with Gasteiger partial charge in [0.25, 0.3) is 5.91 Å². The molecule has 7 nitrogen and oxygen atoms in total. The molecule has 3 N–H and O–H groups in total. The summed E-state index contributed by atoms with van der Waals surface area (Å²) < 4.78 is 0. The highest BCUT2D eigenvalue weighted by Crippen LogP contribution is 2.27. The number of carbonyl (C=O) groups excluding carboxylic acids is 1. The Labute approximate surface area is 176 Å². The van der Waals surface area contributed by atoms with Gasteiger partial charge in [-0.05, 0) is 44.7 Å². The van der Waals surface area contributed by atoms with Crippen molar-refractivity contribution in [2.75, 3.05) is 43.9 Å². The normalized spacial score (nSPS) is 15.9. The number of fused-ring (bicyclic) bond motifs is 1. The zero-order chi connectivity index (χ0) is 21.3. The van der Waals surface area contributed by atoms with Crippen LogP contribution in [-0.2, 0) is 0 Å². The van der Waals surface area contributed by atoms with E-state index in [9.17, 15) is 4.79 Å². The van der Waals surface area contributed by atoms with E-state index in [2.05, 4.69) is 32.1 Å². The number of benzene rings is 2. The number of nitrogens with two attached hydrogens (primary N) is 1. The lowest BCUT2D eigenvalue weighted by Crippen LogP contribution is -2.45. The number of nitrogens with zero attached hydrogens (tertiary/aromatic N) is 4. The van der Waals surface area contributed by atoms with Crippen molar-refractivity contribution in [3.8, 4) is 0 Å². The predicted octanol–water partition coefficient (Wildman–Crippen LogP) is 2.76. The molecule has 0 spiro atoms. The third kappa shape index (κ3) is 4.21. The number of carbonyl (C=O) groups is 1. The van der Waals surface area contributed by atoms with Gasteiger partial charge in [-0.1, -0.05) is 29.8 Å². The monoisotopic (exact) mass is 404 g/mol. The van der Waals surface area contributed by atoms with Crippen molar-refractivity contribution in [3.05, 3.63) is 59.2 Å². The number of aryl methyl sites for hydroxylation is 1. The average Bonchev–Trinajstić information content (AvgIpc) is 2.73. The lowest BCUT2D eigenvalue weighted by Gasteiger charge is -2.33. The number of piperazine rings is 1. The number of rotatable bonds is 4. The lowest BCUT2D eigenvalue weighted by molar-refractivity contribution is 0.0940. The van der Waals surface area contributed by atoms with Gasteiger partial charge in [0, 0.05) is 37.1 Å². The van der Waals surface area contributed by atoms with E-state index < -0.39 is 0 Å². The Morgan fingerprint density at radius 1 is 1.07 bits per heavy atom. The summed E-state index contributed by atoms with van der Waals surface area (Å²) in [5.74, 6) is 0.927. The second-order valence-corrected chi connectivity index (χ2v) is 8.03. The van der Waals surface area contributed by atoms with Gasteiger partial charge < -0.3 is 20.9 Å². The highest BCUT2D eigenvalue weighted by atomic mass is 16.1. The van der Waals surface area contributed by atoms with Gasteiger partial charge in [0.1, 0.15) is 5.82 Å². The molecule has 4 rings (SSSR count). The molecule has 2 aromatic carbocycles. The zero-order valence-electron chi connectivity index (χ0n) is 17.7. The van der Waals surface area contributed by atoms with Crippen molar-refractivity contribution in [1.82, 2.24) is 20.2 Å². The van der Waals surface area contributed by atoms with Crippen LogP contribution in [0, 0.1) is 6.92 Å². The standard InChI is InChI=1S/C23H28N6O/c1-15-4-6-17(7-5-15)16(2)25-22(30)18-8-9-19-20(14-18)26-23(24)27-21(19)29-12-10-28(3)11-13-29/h4-9,14,16H,10-13H2,1-3H3,(H,25,30)(H2,24,26,27). The third-order valence-corrected chi connectivity index (χ3v) is 5.68. The van der Waals surface area contributed by atoms with Gasteiger partial charge in [-0.25, -0.2) is 4.98 Å². The van der Waals surface area contributed by atoms with E-state index in [0.717, 1.165) is 42.9 Å². The van der Waals surface area contributed by atoms with Crippen LogP contribution in [0.2, 0.25) is 0 Å². The summed E-state index contributed by atoms with van der Waals surface area (Å²) in [7, 11) is 2.12. The Morgan fingerprint density at radius 3 is 2.47 bits per heavy atom. The minimum absolute atomic E-state index is 0.0924.